The molecule has 0 saturated carbocycles. The molecule has 1 aromatic carbocycles. The highest BCUT2D eigenvalue weighted by Gasteiger charge is 2.18. The van der Waals surface area contributed by atoms with Crippen LogP contribution in [0.1, 0.15) is 57.6 Å². The van der Waals surface area contributed by atoms with Gasteiger partial charge in [0, 0.05) is 0 Å². The predicted octanol–water partition coefficient (Wildman–Crippen LogP) is 4.67. The van der Waals surface area contributed by atoms with Gasteiger partial charge in [0.05, 0.1) is 6.61 Å². The Kier molecular flexibility index (Phi) is 5.87. The van der Waals surface area contributed by atoms with Crippen molar-refractivity contribution in [2.45, 2.75) is 46.5 Å². The zero-order valence-electron chi connectivity index (χ0n) is 12.4. The summed E-state index contributed by atoms with van der Waals surface area (Å²) in [7, 11) is 0. The van der Waals surface area contributed by atoms with E-state index in [1.165, 1.54) is 0 Å². The van der Waals surface area contributed by atoms with Crippen molar-refractivity contribution in [3.05, 3.63) is 35.7 Å². The Morgan fingerprint density at radius 3 is 2.11 bits per heavy atom. The smallest absolute Gasteiger partial charge is 0.434 e. The first-order valence-corrected chi connectivity index (χ1v) is 6.72. The molecule has 1 radical (unpaired) electrons. The molecule has 0 aliphatic heterocycles. The molecule has 0 aliphatic rings. The lowest BCUT2D eigenvalue weighted by Crippen LogP contribution is -2.14. The maximum atomic E-state index is 11.7. The SMILES string of the molecule is C[CH]COC(=O)Oc1c(C(C)C)cccc1C(C)C. The molecule has 0 unspecified atom stereocenters. The van der Waals surface area contributed by atoms with Crippen LogP contribution in [0.2, 0.25) is 0 Å². The van der Waals surface area contributed by atoms with Gasteiger partial charge in [-0.15, -0.1) is 0 Å². The lowest BCUT2D eigenvalue weighted by molar-refractivity contribution is 0.106. The summed E-state index contributed by atoms with van der Waals surface area (Å²) in [4.78, 5) is 11.7. The third kappa shape index (κ3) is 4.27. The van der Waals surface area contributed by atoms with Gasteiger partial charge >= 0.3 is 6.16 Å². The molecule has 0 atom stereocenters. The van der Waals surface area contributed by atoms with Crippen LogP contribution in [0, 0.1) is 6.42 Å². The van der Waals surface area contributed by atoms with E-state index in [2.05, 4.69) is 27.7 Å². The summed E-state index contributed by atoms with van der Waals surface area (Å²) in [5.74, 6) is 1.23. The minimum atomic E-state index is -0.645. The Bertz CT molecular complexity index is 396. The molecule has 0 saturated heterocycles. The predicted molar refractivity (Wildman–Crippen MR) is 76.6 cm³/mol. The first-order chi connectivity index (χ1) is 8.97. The molecule has 0 fully saturated rings. The summed E-state index contributed by atoms with van der Waals surface area (Å²) in [5.41, 5.74) is 2.06. The van der Waals surface area contributed by atoms with Crippen LogP contribution in [0.3, 0.4) is 0 Å². The number of hydrogen-bond acceptors (Lipinski definition) is 3. The van der Waals surface area contributed by atoms with E-state index in [0.717, 1.165) is 11.1 Å². The number of rotatable bonds is 5. The van der Waals surface area contributed by atoms with Gasteiger partial charge < -0.3 is 9.47 Å². The third-order valence-electron chi connectivity index (χ3n) is 2.87. The Balaban J connectivity index is 3.04. The van der Waals surface area contributed by atoms with Crippen molar-refractivity contribution in [1.82, 2.24) is 0 Å². The van der Waals surface area contributed by atoms with Crippen LogP contribution in [0.15, 0.2) is 18.2 Å². The minimum absolute atomic E-state index is 0.264. The molecular formula is C16H23O3. The zero-order chi connectivity index (χ0) is 14.4. The fraction of sp³-hybridized carbons (Fsp3) is 0.500. The standard InChI is InChI=1S/C16H23O3/c1-6-10-18-16(17)19-15-13(11(2)3)8-7-9-14(15)12(4)5/h6-9,11-12H,10H2,1-5H3. The highest BCUT2D eigenvalue weighted by molar-refractivity contribution is 5.66. The van der Waals surface area contributed by atoms with Crippen molar-refractivity contribution >= 4 is 6.16 Å². The molecule has 1 aromatic rings. The summed E-state index contributed by atoms with van der Waals surface area (Å²) in [6.45, 7) is 10.4. The van der Waals surface area contributed by atoms with Crippen LogP contribution in [-0.2, 0) is 4.74 Å². The quantitative estimate of drug-likeness (QED) is 0.572. The summed E-state index contributed by atoms with van der Waals surface area (Å²) in [6, 6.07) is 5.99. The van der Waals surface area contributed by atoms with E-state index in [0.29, 0.717) is 17.6 Å². The largest absolute Gasteiger partial charge is 0.513 e. The average Bonchev–Trinajstić information content (AvgIpc) is 2.35. The van der Waals surface area contributed by atoms with Crippen molar-refractivity contribution in [2.75, 3.05) is 6.61 Å². The highest BCUT2D eigenvalue weighted by atomic mass is 16.7. The fourth-order valence-electron chi connectivity index (χ4n) is 1.86. The summed E-state index contributed by atoms with van der Waals surface area (Å²) in [5, 5.41) is 0. The number of para-hydroxylation sites is 1. The Hall–Kier alpha value is -1.51. The van der Waals surface area contributed by atoms with Gasteiger partial charge in [0.1, 0.15) is 5.75 Å². The van der Waals surface area contributed by atoms with Crippen LogP contribution in [-0.4, -0.2) is 12.8 Å². The summed E-state index contributed by atoms with van der Waals surface area (Å²) < 4.78 is 10.4. The number of carbonyl (C=O) groups excluding carboxylic acids is 1. The van der Waals surface area contributed by atoms with E-state index < -0.39 is 6.16 Å². The van der Waals surface area contributed by atoms with Gasteiger partial charge in [-0.1, -0.05) is 52.8 Å². The Morgan fingerprint density at radius 2 is 1.68 bits per heavy atom. The van der Waals surface area contributed by atoms with Crippen LogP contribution in [0.25, 0.3) is 0 Å². The molecule has 0 spiro atoms. The second-order valence-electron chi connectivity index (χ2n) is 5.15. The van der Waals surface area contributed by atoms with Gasteiger partial charge in [0.2, 0.25) is 0 Å². The Labute approximate surface area is 115 Å². The van der Waals surface area contributed by atoms with E-state index in [9.17, 15) is 4.79 Å². The normalized spacial score (nSPS) is 10.9. The van der Waals surface area contributed by atoms with Gasteiger partial charge in [0.25, 0.3) is 0 Å². The molecule has 0 bridgehead atoms. The van der Waals surface area contributed by atoms with Crippen LogP contribution in [0.5, 0.6) is 5.75 Å². The minimum Gasteiger partial charge on any atom is -0.434 e. The molecule has 0 amide bonds. The molecule has 3 heteroatoms. The maximum absolute atomic E-state index is 11.7. The van der Waals surface area contributed by atoms with Gasteiger partial charge in [-0.3, -0.25) is 0 Å². The van der Waals surface area contributed by atoms with Gasteiger partial charge in [0.15, 0.2) is 0 Å². The first kappa shape index (κ1) is 15.5. The van der Waals surface area contributed by atoms with Gasteiger partial charge in [-0.05, 0) is 29.4 Å². The number of hydrogen-bond donors (Lipinski definition) is 0. The first-order valence-electron chi connectivity index (χ1n) is 6.72. The van der Waals surface area contributed by atoms with E-state index in [4.69, 9.17) is 9.47 Å². The molecule has 3 nitrogen and oxygen atoms in total. The fourth-order valence-corrected chi connectivity index (χ4v) is 1.86. The molecule has 0 aliphatic carbocycles. The summed E-state index contributed by atoms with van der Waals surface area (Å²) in [6.07, 6.45) is 1.12. The molecule has 0 aromatic heterocycles. The molecular weight excluding hydrogens is 240 g/mol. The van der Waals surface area contributed by atoms with Crippen molar-refractivity contribution in [3.8, 4) is 5.75 Å². The third-order valence-corrected chi connectivity index (χ3v) is 2.87. The van der Waals surface area contributed by atoms with E-state index in [1.54, 1.807) is 6.42 Å². The number of benzene rings is 1. The molecule has 1 rings (SSSR count). The monoisotopic (exact) mass is 263 g/mol. The molecule has 105 valence electrons. The van der Waals surface area contributed by atoms with E-state index in [-0.39, 0.29) is 6.61 Å². The van der Waals surface area contributed by atoms with Gasteiger partial charge in [-0.2, -0.15) is 0 Å². The van der Waals surface area contributed by atoms with Crippen molar-refractivity contribution in [2.24, 2.45) is 0 Å². The number of carbonyl (C=O) groups is 1. The maximum Gasteiger partial charge on any atom is 0.513 e. The molecule has 0 N–H and O–H groups in total. The topological polar surface area (TPSA) is 35.5 Å². The van der Waals surface area contributed by atoms with Crippen LogP contribution in [0.4, 0.5) is 4.79 Å². The second-order valence-corrected chi connectivity index (χ2v) is 5.15. The lowest BCUT2D eigenvalue weighted by atomic mass is 9.94. The van der Waals surface area contributed by atoms with Crippen molar-refractivity contribution < 1.29 is 14.3 Å². The summed E-state index contributed by atoms with van der Waals surface area (Å²) >= 11 is 0. The van der Waals surface area contributed by atoms with Crippen molar-refractivity contribution in [3.63, 3.8) is 0 Å². The second kappa shape index (κ2) is 7.17. The van der Waals surface area contributed by atoms with E-state index >= 15 is 0 Å². The zero-order valence-corrected chi connectivity index (χ0v) is 12.4. The van der Waals surface area contributed by atoms with E-state index in [1.807, 2.05) is 25.1 Å². The molecule has 0 heterocycles. The highest BCUT2D eigenvalue weighted by Crippen LogP contribution is 2.34. The molecule has 19 heavy (non-hydrogen) atoms. The van der Waals surface area contributed by atoms with Crippen LogP contribution < -0.4 is 4.74 Å². The Morgan fingerprint density at radius 1 is 1.16 bits per heavy atom. The average molecular weight is 263 g/mol. The lowest BCUT2D eigenvalue weighted by Gasteiger charge is -2.18. The van der Waals surface area contributed by atoms with Crippen LogP contribution >= 0.6 is 0 Å². The van der Waals surface area contributed by atoms with Gasteiger partial charge in [-0.25, -0.2) is 4.79 Å². The number of ether oxygens (including phenoxy) is 2. The van der Waals surface area contributed by atoms with Crippen molar-refractivity contribution in [1.29, 1.82) is 0 Å².